The molecular weight excluding hydrogens is 268 g/mol. The SMILES string of the molecule is C=CCN1C(=O)C2C[C@@H](O)CN2C(=O)C1c1ccccc1. The topological polar surface area (TPSA) is 60.9 Å². The van der Waals surface area contributed by atoms with E-state index in [1.54, 1.807) is 11.0 Å². The highest BCUT2D eigenvalue weighted by molar-refractivity contribution is 5.98. The maximum atomic E-state index is 12.8. The van der Waals surface area contributed by atoms with E-state index in [1.165, 1.54) is 4.90 Å². The quantitative estimate of drug-likeness (QED) is 0.833. The van der Waals surface area contributed by atoms with E-state index < -0.39 is 18.2 Å². The van der Waals surface area contributed by atoms with Gasteiger partial charge in [0.15, 0.2) is 0 Å². The average Bonchev–Trinajstić information content (AvgIpc) is 2.88. The zero-order valence-electron chi connectivity index (χ0n) is 11.7. The Hall–Kier alpha value is -2.14. The second-order valence-electron chi connectivity index (χ2n) is 5.49. The van der Waals surface area contributed by atoms with Crippen LogP contribution in [-0.2, 0) is 9.59 Å². The summed E-state index contributed by atoms with van der Waals surface area (Å²) in [4.78, 5) is 28.5. The number of aliphatic hydroxyl groups excluding tert-OH is 1. The van der Waals surface area contributed by atoms with E-state index in [0.717, 1.165) is 5.56 Å². The predicted octanol–water partition coefficient (Wildman–Crippen LogP) is 0.718. The second kappa shape index (κ2) is 5.33. The molecule has 5 nitrogen and oxygen atoms in total. The van der Waals surface area contributed by atoms with Crippen molar-refractivity contribution in [3.63, 3.8) is 0 Å². The summed E-state index contributed by atoms with van der Waals surface area (Å²) in [7, 11) is 0. The summed E-state index contributed by atoms with van der Waals surface area (Å²) >= 11 is 0. The van der Waals surface area contributed by atoms with E-state index in [1.807, 2.05) is 30.3 Å². The number of hydrogen-bond donors (Lipinski definition) is 1. The zero-order valence-corrected chi connectivity index (χ0v) is 11.7. The van der Waals surface area contributed by atoms with Crippen molar-refractivity contribution in [2.24, 2.45) is 0 Å². The van der Waals surface area contributed by atoms with Gasteiger partial charge in [-0.15, -0.1) is 6.58 Å². The molecule has 1 N–H and O–H groups in total. The Kier molecular flexibility index (Phi) is 3.51. The van der Waals surface area contributed by atoms with E-state index in [4.69, 9.17) is 0 Å². The Morgan fingerprint density at radius 2 is 1.95 bits per heavy atom. The van der Waals surface area contributed by atoms with Crippen LogP contribution in [0.1, 0.15) is 18.0 Å². The third-order valence-corrected chi connectivity index (χ3v) is 4.12. The lowest BCUT2D eigenvalue weighted by Gasteiger charge is -2.41. The molecule has 0 saturated carbocycles. The molecule has 0 aromatic heterocycles. The summed E-state index contributed by atoms with van der Waals surface area (Å²) in [5.41, 5.74) is 0.789. The fourth-order valence-corrected chi connectivity index (χ4v) is 3.19. The first-order chi connectivity index (χ1) is 10.1. The molecule has 2 unspecified atom stereocenters. The molecule has 110 valence electrons. The highest BCUT2D eigenvalue weighted by Crippen LogP contribution is 2.34. The lowest BCUT2D eigenvalue weighted by Crippen LogP contribution is -2.58. The van der Waals surface area contributed by atoms with Crippen LogP contribution in [0.25, 0.3) is 0 Å². The molecule has 2 aliphatic heterocycles. The monoisotopic (exact) mass is 286 g/mol. The largest absolute Gasteiger partial charge is 0.391 e. The Balaban J connectivity index is 2.01. The molecule has 3 atom stereocenters. The van der Waals surface area contributed by atoms with Crippen LogP contribution in [0, 0.1) is 0 Å². The first kappa shape index (κ1) is 13.8. The maximum absolute atomic E-state index is 12.8. The number of benzene rings is 1. The van der Waals surface area contributed by atoms with Gasteiger partial charge in [-0.3, -0.25) is 9.59 Å². The van der Waals surface area contributed by atoms with Gasteiger partial charge in [0.05, 0.1) is 6.10 Å². The Labute approximate surface area is 123 Å². The Bertz CT molecular complexity index is 572. The summed E-state index contributed by atoms with van der Waals surface area (Å²) < 4.78 is 0. The maximum Gasteiger partial charge on any atom is 0.250 e. The van der Waals surface area contributed by atoms with Gasteiger partial charge in [0.25, 0.3) is 5.91 Å². The van der Waals surface area contributed by atoms with E-state index in [2.05, 4.69) is 6.58 Å². The van der Waals surface area contributed by atoms with Crippen molar-refractivity contribution in [2.45, 2.75) is 24.6 Å². The predicted molar refractivity (Wildman–Crippen MR) is 77.2 cm³/mol. The van der Waals surface area contributed by atoms with Crippen molar-refractivity contribution in [2.75, 3.05) is 13.1 Å². The van der Waals surface area contributed by atoms with Gasteiger partial charge in [-0.05, 0) is 5.56 Å². The fourth-order valence-electron chi connectivity index (χ4n) is 3.19. The van der Waals surface area contributed by atoms with Crippen LogP contribution in [0.4, 0.5) is 0 Å². The van der Waals surface area contributed by atoms with Crippen LogP contribution in [0.2, 0.25) is 0 Å². The smallest absolute Gasteiger partial charge is 0.250 e. The van der Waals surface area contributed by atoms with Gasteiger partial charge in [0.1, 0.15) is 12.1 Å². The number of piperazine rings is 1. The van der Waals surface area contributed by atoms with Crippen LogP contribution in [0.15, 0.2) is 43.0 Å². The van der Waals surface area contributed by atoms with Gasteiger partial charge in [-0.2, -0.15) is 0 Å². The molecule has 21 heavy (non-hydrogen) atoms. The Morgan fingerprint density at radius 3 is 2.62 bits per heavy atom. The summed E-state index contributed by atoms with van der Waals surface area (Å²) in [5, 5.41) is 9.78. The second-order valence-corrected chi connectivity index (χ2v) is 5.49. The third-order valence-electron chi connectivity index (χ3n) is 4.12. The minimum absolute atomic E-state index is 0.111. The van der Waals surface area contributed by atoms with Crippen molar-refractivity contribution >= 4 is 11.8 Å². The van der Waals surface area contributed by atoms with Crippen LogP contribution >= 0.6 is 0 Å². The molecule has 0 bridgehead atoms. The molecule has 2 heterocycles. The molecule has 0 spiro atoms. The van der Waals surface area contributed by atoms with Gasteiger partial charge in [-0.25, -0.2) is 0 Å². The van der Waals surface area contributed by atoms with Gasteiger partial charge < -0.3 is 14.9 Å². The van der Waals surface area contributed by atoms with Gasteiger partial charge >= 0.3 is 0 Å². The van der Waals surface area contributed by atoms with Crippen LogP contribution in [0.3, 0.4) is 0 Å². The minimum atomic E-state index is -0.627. The summed E-state index contributed by atoms with van der Waals surface area (Å²) in [5.74, 6) is -0.232. The lowest BCUT2D eigenvalue weighted by molar-refractivity contribution is -0.159. The molecule has 2 saturated heterocycles. The number of rotatable bonds is 3. The number of hydrogen-bond acceptors (Lipinski definition) is 3. The van der Waals surface area contributed by atoms with Crippen LogP contribution in [-0.4, -0.2) is 52.0 Å². The standard InChI is InChI=1S/C16H18N2O3/c1-2-8-17-14(11-6-4-3-5-7-11)16(21)18-10-12(19)9-13(18)15(17)20/h2-7,12-14,19H,1,8-10H2/t12-,13?,14?/m1/s1. The molecule has 2 aliphatic rings. The van der Waals surface area contributed by atoms with Crippen molar-refractivity contribution in [3.8, 4) is 0 Å². The molecular formula is C16H18N2O3. The van der Waals surface area contributed by atoms with E-state index in [-0.39, 0.29) is 18.4 Å². The molecule has 2 amide bonds. The number of carbonyl (C=O) groups excluding carboxylic acids is 2. The van der Waals surface area contributed by atoms with Gasteiger partial charge in [-0.1, -0.05) is 36.4 Å². The third kappa shape index (κ3) is 2.23. The van der Waals surface area contributed by atoms with E-state index in [9.17, 15) is 14.7 Å². The molecule has 1 aromatic rings. The first-order valence-electron chi connectivity index (χ1n) is 7.08. The van der Waals surface area contributed by atoms with Gasteiger partial charge in [0.2, 0.25) is 5.91 Å². The number of nitrogens with zero attached hydrogens (tertiary/aromatic N) is 2. The lowest BCUT2D eigenvalue weighted by atomic mass is 9.98. The highest BCUT2D eigenvalue weighted by Gasteiger charge is 2.50. The molecule has 5 heteroatoms. The average molecular weight is 286 g/mol. The molecule has 0 aliphatic carbocycles. The minimum Gasteiger partial charge on any atom is -0.391 e. The van der Waals surface area contributed by atoms with Gasteiger partial charge in [0, 0.05) is 19.5 Å². The highest BCUT2D eigenvalue weighted by atomic mass is 16.3. The van der Waals surface area contributed by atoms with Crippen LogP contribution in [0.5, 0.6) is 0 Å². The molecule has 1 aromatic carbocycles. The van der Waals surface area contributed by atoms with Crippen molar-refractivity contribution < 1.29 is 14.7 Å². The van der Waals surface area contributed by atoms with Crippen molar-refractivity contribution in [1.29, 1.82) is 0 Å². The number of carbonyl (C=O) groups is 2. The number of amides is 2. The normalized spacial score (nSPS) is 28.7. The van der Waals surface area contributed by atoms with Crippen molar-refractivity contribution in [3.05, 3.63) is 48.6 Å². The molecule has 0 radical (unpaired) electrons. The zero-order chi connectivity index (χ0) is 15.0. The van der Waals surface area contributed by atoms with E-state index >= 15 is 0 Å². The summed E-state index contributed by atoms with van der Waals surface area (Å²) in [6.45, 7) is 4.24. The summed E-state index contributed by atoms with van der Waals surface area (Å²) in [6, 6.07) is 8.11. The number of fused-ring (bicyclic) bond motifs is 1. The molecule has 2 fully saturated rings. The first-order valence-corrected chi connectivity index (χ1v) is 7.08. The van der Waals surface area contributed by atoms with E-state index in [0.29, 0.717) is 13.0 Å². The number of aliphatic hydroxyl groups is 1. The van der Waals surface area contributed by atoms with Crippen molar-refractivity contribution in [1.82, 2.24) is 9.80 Å². The summed E-state index contributed by atoms with van der Waals surface area (Å²) in [6.07, 6.45) is 1.32. The molecule has 3 rings (SSSR count). The van der Waals surface area contributed by atoms with Crippen LogP contribution < -0.4 is 0 Å². The fraction of sp³-hybridized carbons (Fsp3) is 0.375. The Morgan fingerprint density at radius 1 is 1.24 bits per heavy atom.